The summed E-state index contributed by atoms with van der Waals surface area (Å²) in [5.41, 5.74) is 1.17. The minimum Gasteiger partial charge on any atom is -0.489 e. The monoisotopic (exact) mass is 267 g/mol. The molecule has 1 N–H and O–H groups in total. The van der Waals surface area contributed by atoms with Crippen LogP contribution in [0.2, 0.25) is 5.02 Å². The molecule has 1 aromatic carbocycles. The van der Waals surface area contributed by atoms with E-state index in [1.807, 2.05) is 19.1 Å². The first-order chi connectivity index (χ1) is 8.70. The summed E-state index contributed by atoms with van der Waals surface area (Å²) in [6.45, 7) is 6.42. The quantitative estimate of drug-likeness (QED) is 0.876. The lowest BCUT2D eigenvalue weighted by atomic mass is 9.97. The number of aryl methyl sites for hydroxylation is 1. The van der Waals surface area contributed by atoms with Gasteiger partial charge in [-0.2, -0.15) is 0 Å². The zero-order chi connectivity index (χ0) is 13.0. The van der Waals surface area contributed by atoms with Crippen molar-refractivity contribution in [3.05, 3.63) is 28.8 Å². The Morgan fingerprint density at radius 1 is 1.50 bits per heavy atom. The van der Waals surface area contributed by atoms with Crippen LogP contribution in [0.3, 0.4) is 0 Å². The fourth-order valence-corrected chi connectivity index (χ4v) is 2.81. The molecule has 100 valence electrons. The average Bonchev–Trinajstić information content (AvgIpc) is 2.85. The summed E-state index contributed by atoms with van der Waals surface area (Å²) >= 11 is 6.24. The van der Waals surface area contributed by atoms with Crippen molar-refractivity contribution in [1.29, 1.82) is 0 Å². The van der Waals surface area contributed by atoms with E-state index in [0.29, 0.717) is 5.92 Å². The third-order valence-corrected chi connectivity index (χ3v) is 3.86. The molecule has 2 atom stereocenters. The van der Waals surface area contributed by atoms with Crippen LogP contribution in [-0.2, 0) is 0 Å². The Kier molecular flexibility index (Phi) is 4.90. The third-order valence-electron chi connectivity index (χ3n) is 3.56. The van der Waals surface area contributed by atoms with Gasteiger partial charge in [0.05, 0.1) is 5.02 Å². The van der Waals surface area contributed by atoms with Crippen LogP contribution in [0.4, 0.5) is 0 Å². The molecule has 0 aliphatic carbocycles. The van der Waals surface area contributed by atoms with E-state index in [4.69, 9.17) is 16.3 Å². The highest BCUT2D eigenvalue weighted by molar-refractivity contribution is 6.32. The van der Waals surface area contributed by atoms with E-state index in [-0.39, 0.29) is 6.10 Å². The summed E-state index contributed by atoms with van der Waals surface area (Å²) in [6.07, 6.45) is 3.72. The fraction of sp³-hybridized carbons (Fsp3) is 0.600. The van der Waals surface area contributed by atoms with Crippen LogP contribution in [-0.4, -0.2) is 19.2 Å². The summed E-state index contributed by atoms with van der Waals surface area (Å²) in [5.74, 6) is 1.44. The Labute approximate surface area is 115 Å². The van der Waals surface area contributed by atoms with Crippen LogP contribution in [0.5, 0.6) is 5.75 Å². The lowest BCUT2D eigenvalue weighted by Crippen LogP contribution is -2.28. The van der Waals surface area contributed by atoms with Gasteiger partial charge in [0, 0.05) is 12.5 Å². The highest BCUT2D eigenvalue weighted by Crippen LogP contribution is 2.29. The molecule has 1 aliphatic heterocycles. The minimum atomic E-state index is 0.283. The molecule has 2 unspecified atom stereocenters. The summed E-state index contributed by atoms with van der Waals surface area (Å²) in [6, 6.07) is 6.01. The smallest absolute Gasteiger partial charge is 0.138 e. The minimum absolute atomic E-state index is 0.283. The van der Waals surface area contributed by atoms with E-state index < -0.39 is 0 Å². The van der Waals surface area contributed by atoms with Crippen molar-refractivity contribution in [2.45, 2.75) is 39.2 Å². The van der Waals surface area contributed by atoms with E-state index in [2.05, 4.69) is 18.3 Å². The number of halogens is 1. The average molecular weight is 268 g/mol. The Hall–Kier alpha value is -0.730. The lowest BCUT2D eigenvalue weighted by molar-refractivity contribution is 0.132. The molecule has 1 aliphatic rings. The zero-order valence-corrected chi connectivity index (χ0v) is 12.0. The fourth-order valence-electron chi connectivity index (χ4n) is 2.53. The normalized spacial score (nSPS) is 20.9. The van der Waals surface area contributed by atoms with E-state index >= 15 is 0 Å². The van der Waals surface area contributed by atoms with E-state index in [1.165, 1.54) is 12.0 Å². The second-order valence-corrected chi connectivity index (χ2v) is 5.54. The molecule has 1 fully saturated rings. The number of rotatable bonds is 5. The topological polar surface area (TPSA) is 21.3 Å². The maximum Gasteiger partial charge on any atom is 0.138 e. The molecule has 1 heterocycles. The molecule has 2 rings (SSSR count). The molecule has 0 amide bonds. The van der Waals surface area contributed by atoms with Crippen LogP contribution in [0.25, 0.3) is 0 Å². The van der Waals surface area contributed by atoms with Crippen molar-refractivity contribution in [3.8, 4) is 5.75 Å². The zero-order valence-electron chi connectivity index (χ0n) is 11.2. The Balaban J connectivity index is 2.07. The van der Waals surface area contributed by atoms with Crippen molar-refractivity contribution in [2.24, 2.45) is 5.92 Å². The molecule has 0 spiro atoms. The van der Waals surface area contributed by atoms with Gasteiger partial charge < -0.3 is 10.1 Å². The molecule has 1 aromatic rings. The molecule has 1 saturated heterocycles. The summed E-state index contributed by atoms with van der Waals surface area (Å²) in [7, 11) is 0. The lowest BCUT2D eigenvalue weighted by Gasteiger charge is -2.24. The maximum atomic E-state index is 6.24. The van der Waals surface area contributed by atoms with Gasteiger partial charge >= 0.3 is 0 Å². The number of hydrogen-bond acceptors (Lipinski definition) is 2. The van der Waals surface area contributed by atoms with Crippen molar-refractivity contribution in [3.63, 3.8) is 0 Å². The first-order valence-electron chi connectivity index (χ1n) is 6.84. The molecule has 3 heteroatoms. The Morgan fingerprint density at radius 3 is 2.94 bits per heavy atom. The summed E-state index contributed by atoms with van der Waals surface area (Å²) in [5, 5.41) is 4.13. The predicted octanol–water partition coefficient (Wildman–Crippen LogP) is 3.81. The van der Waals surface area contributed by atoms with E-state index in [0.717, 1.165) is 36.7 Å². The van der Waals surface area contributed by atoms with Gasteiger partial charge in [0.15, 0.2) is 0 Å². The molecular formula is C15H22ClNO. The van der Waals surface area contributed by atoms with Crippen LogP contribution in [0.15, 0.2) is 18.2 Å². The van der Waals surface area contributed by atoms with Gasteiger partial charge in [-0.15, -0.1) is 0 Å². The highest BCUT2D eigenvalue weighted by Gasteiger charge is 2.26. The van der Waals surface area contributed by atoms with Crippen molar-refractivity contribution in [2.75, 3.05) is 13.1 Å². The van der Waals surface area contributed by atoms with Gasteiger partial charge in [0.25, 0.3) is 0 Å². The van der Waals surface area contributed by atoms with Crippen LogP contribution in [0, 0.1) is 12.8 Å². The molecule has 0 bridgehead atoms. The van der Waals surface area contributed by atoms with Crippen molar-refractivity contribution < 1.29 is 4.74 Å². The molecule has 0 radical (unpaired) electrons. The molecule has 18 heavy (non-hydrogen) atoms. The number of hydrogen-bond donors (Lipinski definition) is 1. The van der Waals surface area contributed by atoms with Crippen molar-refractivity contribution >= 4 is 11.6 Å². The Bertz CT molecular complexity index is 388. The summed E-state index contributed by atoms with van der Waals surface area (Å²) < 4.78 is 6.15. The predicted molar refractivity (Wildman–Crippen MR) is 76.5 cm³/mol. The molecule has 2 nitrogen and oxygen atoms in total. The van der Waals surface area contributed by atoms with E-state index in [9.17, 15) is 0 Å². The number of nitrogens with one attached hydrogen (secondary N) is 1. The van der Waals surface area contributed by atoms with Gasteiger partial charge in [-0.05, 0) is 44.0 Å². The second-order valence-electron chi connectivity index (χ2n) is 5.13. The highest BCUT2D eigenvalue weighted by atomic mass is 35.5. The van der Waals surface area contributed by atoms with Crippen molar-refractivity contribution in [1.82, 2.24) is 5.32 Å². The molecular weight excluding hydrogens is 246 g/mol. The SMILES string of the molecule is CCCC(Oc1ccc(C)cc1Cl)C1CCNC1. The van der Waals surface area contributed by atoms with Gasteiger partial charge in [-0.1, -0.05) is 31.0 Å². The Morgan fingerprint density at radius 2 is 2.33 bits per heavy atom. The number of benzene rings is 1. The van der Waals surface area contributed by atoms with Gasteiger partial charge in [-0.3, -0.25) is 0 Å². The molecule has 0 saturated carbocycles. The van der Waals surface area contributed by atoms with Gasteiger partial charge in [0.1, 0.15) is 11.9 Å². The van der Waals surface area contributed by atoms with Crippen LogP contribution < -0.4 is 10.1 Å². The first kappa shape index (κ1) is 13.7. The summed E-state index contributed by atoms with van der Waals surface area (Å²) in [4.78, 5) is 0. The van der Waals surface area contributed by atoms with Crippen LogP contribution >= 0.6 is 11.6 Å². The van der Waals surface area contributed by atoms with Gasteiger partial charge in [0.2, 0.25) is 0 Å². The first-order valence-corrected chi connectivity index (χ1v) is 7.22. The van der Waals surface area contributed by atoms with Crippen LogP contribution in [0.1, 0.15) is 31.7 Å². The van der Waals surface area contributed by atoms with E-state index in [1.54, 1.807) is 0 Å². The molecule has 0 aromatic heterocycles. The largest absolute Gasteiger partial charge is 0.489 e. The standard InChI is InChI=1S/C15H22ClNO/c1-3-4-14(12-7-8-17-10-12)18-15-6-5-11(2)9-13(15)16/h5-6,9,12,14,17H,3-4,7-8,10H2,1-2H3. The number of ether oxygens (including phenoxy) is 1. The second kappa shape index (κ2) is 6.44. The maximum absolute atomic E-state index is 6.24. The van der Waals surface area contributed by atoms with Gasteiger partial charge in [-0.25, -0.2) is 0 Å². The third kappa shape index (κ3) is 3.39.